The Morgan fingerprint density at radius 1 is 1.90 bits per heavy atom. The van der Waals surface area contributed by atoms with E-state index < -0.39 is 6.09 Å². The molecule has 0 aliphatic carbocycles. The average molecular weight is 141 g/mol. The number of aromatic amines is 1. The van der Waals surface area contributed by atoms with E-state index in [4.69, 9.17) is 5.11 Å². The Morgan fingerprint density at radius 3 is 3.00 bits per heavy atom. The lowest BCUT2D eigenvalue weighted by atomic mass is 10.6. The van der Waals surface area contributed by atoms with E-state index in [0.29, 0.717) is 5.82 Å². The van der Waals surface area contributed by atoms with Crippen LogP contribution in [0.5, 0.6) is 0 Å². The molecule has 0 saturated heterocycles. The predicted octanol–water partition coefficient (Wildman–Crippen LogP) is 0.524. The maximum absolute atomic E-state index is 10.3. The lowest BCUT2D eigenvalue weighted by molar-refractivity contribution is 0.203. The molecule has 2 N–H and O–H groups in total. The van der Waals surface area contributed by atoms with Crippen LogP contribution in [-0.2, 0) is 0 Å². The zero-order valence-electron chi connectivity index (χ0n) is 5.40. The van der Waals surface area contributed by atoms with E-state index in [1.807, 2.05) is 0 Å². The molecule has 0 radical (unpaired) electrons. The molecule has 1 heterocycles. The minimum atomic E-state index is -1.01. The van der Waals surface area contributed by atoms with Gasteiger partial charge in [-0.15, -0.1) is 0 Å². The van der Waals surface area contributed by atoms with Gasteiger partial charge >= 0.3 is 6.09 Å². The molecule has 1 aromatic heterocycles. The van der Waals surface area contributed by atoms with Crippen LogP contribution in [0, 0.1) is 0 Å². The molecule has 1 aromatic rings. The Labute approximate surface area is 57.3 Å². The van der Waals surface area contributed by atoms with Gasteiger partial charge in [-0.25, -0.2) is 4.79 Å². The summed E-state index contributed by atoms with van der Waals surface area (Å²) in [5, 5.41) is 14.5. The molecular formula is C5H7N3O2. The van der Waals surface area contributed by atoms with Gasteiger partial charge in [0.25, 0.3) is 0 Å². The highest BCUT2D eigenvalue weighted by atomic mass is 16.4. The normalized spacial score (nSPS) is 9.30. The van der Waals surface area contributed by atoms with Crippen LogP contribution in [0.3, 0.4) is 0 Å². The zero-order chi connectivity index (χ0) is 7.56. The van der Waals surface area contributed by atoms with Crippen LogP contribution in [0.25, 0.3) is 0 Å². The van der Waals surface area contributed by atoms with Crippen molar-refractivity contribution < 1.29 is 9.90 Å². The maximum atomic E-state index is 10.3. The van der Waals surface area contributed by atoms with E-state index in [1.165, 1.54) is 13.2 Å². The molecule has 0 aliphatic heterocycles. The fourth-order valence-electron chi connectivity index (χ4n) is 0.538. The number of carbonyl (C=O) groups is 1. The summed E-state index contributed by atoms with van der Waals surface area (Å²) in [6, 6.07) is 1.58. The van der Waals surface area contributed by atoms with Gasteiger partial charge in [0, 0.05) is 13.1 Å². The van der Waals surface area contributed by atoms with Crippen molar-refractivity contribution in [3.63, 3.8) is 0 Å². The monoisotopic (exact) mass is 141 g/mol. The van der Waals surface area contributed by atoms with Gasteiger partial charge in [0.2, 0.25) is 0 Å². The number of aromatic nitrogens is 2. The van der Waals surface area contributed by atoms with Crippen LogP contribution in [0.4, 0.5) is 10.6 Å². The standard InChI is InChI=1S/C5H7N3O2/c1-8(5(9)10)4-2-3-6-7-4/h2-3H,1H3,(H,6,7)(H,9,10). The van der Waals surface area contributed by atoms with E-state index in [9.17, 15) is 4.79 Å². The smallest absolute Gasteiger partial charge is 0.412 e. The third-order valence-corrected chi connectivity index (χ3v) is 1.13. The van der Waals surface area contributed by atoms with Crippen molar-refractivity contribution in [3.8, 4) is 0 Å². The van der Waals surface area contributed by atoms with E-state index in [2.05, 4.69) is 10.2 Å². The fourth-order valence-corrected chi connectivity index (χ4v) is 0.538. The number of carboxylic acid groups (broad SMARTS) is 1. The average Bonchev–Trinajstić information content (AvgIpc) is 2.36. The number of hydrogen-bond acceptors (Lipinski definition) is 2. The van der Waals surface area contributed by atoms with Gasteiger partial charge in [-0.05, 0) is 0 Å². The van der Waals surface area contributed by atoms with Gasteiger partial charge in [-0.1, -0.05) is 0 Å². The van der Waals surface area contributed by atoms with E-state index in [-0.39, 0.29) is 0 Å². The van der Waals surface area contributed by atoms with Crippen molar-refractivity contribution in [2.75, 3.05) is 11.9 Å². The molecule has 0 aliphatic rings. The molecule has 54 valence electrons. The number of H-pyrrole nitrogens is 1. The highest BCUT2D eigenvalue weighted by Gasteiger charge is 2.07. The second-order valence-electron chi connectivity index (χ2n) is 1.78. The molecule has 0 spiro atoms. The summed E-state index contributed by atoms with van der Waals surface area (Å²) in [4.78, 5) is 11.3. The second kappa shape index (κ2) is 2.38. The van der Waals surface area contributed by atoms with Crippen molar-refractivity contribution in [3.05, 3.63) is 12.3 Å². The van der Waals surface area contributed by atoms with Gasteiger partial charge in [0.15, 0.2) is 0 Å². The third-order valence-electron chi connectivity index (χ3n) is 1.13. The second-order valence-corrected chi connectivity index (χ2v) is 1.78. The molecule has 1 amide bonds. The quantitative estimate of drug-likeness (QED) is 0.599. The van der Waals surface area contributed by atoms with Gasteiger partial charge in [0.05, 0.1) is 6.20 Å². The highest BCUT2D eigenvalue weighted by Crippen LogP contribution is 2.04. The topological polar surface area (TPSA) is 69.2 Å². The third kappa shape index (κ3) is 1.07. The Kier molecular flexibility index (Phi) is 1.57. The molecule has 0 atom stereocenters. The Balaban J connectivity index is 2.77. The predicted molar refractivity (Wildman–Crippen MR) is 35.0 cm³/mol. The summed E-state index contributed by atoms with van der Waals surface area (Å²) in [5.41, 5.74) is 0. The summed E-state index contributed by atoms with van der Waals surface area (Å²) in [6.45, 7) is 0. The molecular weight excluding hydrogens is 134 g/mol. The van der Waals surface area contributed by atoms with Crippen LogP contribution in [0.1, 0.15) is 0 Å². The number of hydrogen-bond donors (Lipinski definition) is 2. The first-order valence-corrected chi connectivity index (χ1v) is 2.68. The van der Waals surface area contributed by atoms with Gasteiger partial charge in [-0.3, -0.25) is 10.00 Å². The van der Waals surface area contributed by atoms with Crippen molar-refractivity contribution in [1.82, 2.24) is 10.2 Å². The first kappa shape index (κ1) is 6.60. The van der Waals surface area contributed by atoms with Gasteiger partial charge in [0.1, 0.15) is 5.82 Å². The number of nitrogens with one attached hydrogen (secondary N) is 1. The summed E-state index contributed by atoms with van der Waals surface area (Å²) in [6.07, 6.45) is 0.485. The van der Waals surface area contributed by atoms with Crippen LogP contribution in [-0.4, -0.2) is 28.4 Å². The SMILES string of the molecule is CN(C(=O)O)c1ccn[nH]1. The van der Waals surface area contributed by atoms with Crippen molar-refractivity contribution >= 4 is 11.9 Å². The first-order valence-electron chi connectivity index (χ1n) is 2.68. The Morgan fingerprint density at radius 2 is 2.60 bits per heavy atom. The lowest BCUT2D eigenvalue weighted by Crippen LogP contribution is -2.23. The molecule has 0 aromatic carbocycles. The molecule has 0 fully saturated rings. The van der Waals surface area contributed by atoms with Crippen molar-refractivity contribution in [1.29, 1.82) is 0 Å². The summed E-state index contributed by atoms with van der Waals surface area (Å²) < 4.78 is 0. The number of rotatable bonds is 1. The highest BCUT2D eigenvalue weighted by molar-refractivity contribution is 5.83. The molecule has 0 saturated carbocycles. The molecule has 10 heavy (non-hydrogen) atoms. The largest absolute Gasteiger partial charge is 0.465 e. The summed E-state index contributed by atoms with van der Waals surface area (Å²) in [7, 11) is 1.44. The molecule has 0 unspecified atom stereocenters. The summed E-state index contributed by atoms with van der Waals surface area (Å²) in [5.74, 6) is 0.465. The summed E-state index contributed by atoms with van der Waals surface area (Å²) >= 11 is 0. The Hall–Kier alpha value is -1.52. The number of nitrogens with zero attached hydrogens (tertiary/aromatic N) is 2. The maximum Gasteiger partial charge on any atom is 0.412 e. The minimum Gasteiger partial charge on any atom is -0.465 e. The van der Waals surface area contributed by atoms with Gasteiger partial charge in [-0.2, -0.15) is 5.10 Å². The lowest BCUT2D eigenvalue weighted by Gasteiger charge is -2.07. The van der Waals surface area contributed by atoms with Crippen LogP contribution in [0.2, 0.25) is 0 Å². The van der Waals surface area contributed by atoms with Gasteiger partial charge < -0.3 is 5.11 Å². The number of anilines is 1. The molecule has 1 rings (SSSR count). The van der Waals surface area contributed by atoms with Crippen molar-refractivity contribution in [2.24, 2.45) is 0 Å². The van der Waals surface area contributed by atoms with Crippen LogP contribution >= 0.6 is 0 Å². The number of amides is 1. The Bertz CT molecular complexity index is 219. The zero-order valence-corrected chi connectivity index (χ0v) is 5.40. The molecule has 5 heteroatoms. The van der Waals surface area contributed by atoms with Crippen molar-refractivity contribution in [2.45, 2.75) is 0 Å². The fraction of sp³-hybridized carbons (Fsp3) is 0.200. The van der Waals surface area contributed by atoms with Crippen LogP contribution < -0.4 is 4.90 Å². The van der Waals surface area contributed by atoms with E-state index >= 15 is 0 Å². The minimum absolute atomic E-state index is 0.465. The van der Waals surface area contributed by atoms with E-state index in [1.54, 1.807) is 6.07 Å². The molecule has 0 bridgehead atoms. The molecule has 5 nitrogen and oxygen atoms in total. The van der Waals surface area contributed by atoms with Crippen LogP contribution in [0.15, 0.2) is 12.3 Å². The first-order chi connectivity index (χ1) is 4.72. The van der Waals surface area contributed by atoms with E-state index in [0.717, 1.165) is 4.90 Å².